The number of furan rings is 2. The van der Waals surface area contributed by atoms with Gasteiger partial charge in [-0.3, -0.25) is 19.5 Å². The molecule has 0 aliphatic rings. The Labute approximate surface area is 169 Å². The number of hydrogen-bond donors (Lipinski definition) is 3. The predicted octanol–water partition coefficient (Wildman–Crippen LogP) is 1.12. The summed E-state index contributed by atoms with van der Waals surface area (Å²) in [6.07, 6.45) is 3.05. The third-order valence-electron chi connectivity index (χ3n) is 3.63. The van der Waals surface area contributed by atoms with Crippen LogP contribution in [0.25, 0.3) is 11.6 Å². The van der Waals surface area contributed by atoms with E-state index in [-0.39, 0.29) is 25.3 Å². The van der Waals surface area contributed by atoms with Crippen LogP contribution in [0.5, 0.6) is 0 Å². The largest absolute Gasteiger partial charge is 0.467 e. The molecule has 4 N–H and O–H groups in total. The van der Waals surface area contributed by atoms with Gasteiger partial charge in [0.1, 0.15) is 5.76 Å². The molecule has 3 aromatic rings. The van der Waals surface area contributed by atoms with Gasteiger partial charge in [-0.15, -0.1) is 10.2 Å². The Bertz CT molecular complexity index is 967. The van der Waals surface area contributed by atoms with Crippen molar-refractivity contribution in [3.05, 3.63) is 42.6 Å². The summed E-state index contributed by atoms with van der Waals surface area (Å²) in [5.41, 5.74) is 5.23. The van der Waals surface area contributed by atoms with Crippen molar-refractivity contribution in [2.24, 2.45) is 5.73 Å². The lowest BCUT2D eigenvalue weighted by atomic mass is 10.3. The minimum atomic E-state index is -0.640. The summed E-state index contributed by atoms with van der Waals surface area (Å²) < 4.78 is 12.1. The molecule has 4 amide bonds. The molecule has 0 aliphatic carbocycles. The fourth-order valence-corrected chi connectivity index (χ4v) is 3.09. The second-order valence-electron chi connectivity index (χ2n) is 5.75. The van der Waals surface area contributed by atoms with E-state index in [0.717, 1.165) is 11.8 Å². The lowest BCUT2D eigenvalue weighted by molar-refractivity contribution is -0.118. The second-order valence-corrected chi connectivity index (χ2v) is 6.69. The number of imide groups is 1. The van der Waals surface area contributed by atoms with Gasteiger partial charge >= 0.3 is 6.03 Å². The summed E-state index contributed by atoms with van der Waals surface area (Å²) in [6.45, 7) is 0.388. The van der Waals surface area contributed by atoms with Crippen molar-refractivity contribution < 1.29 is 23.2 Å². The van der Waals surface area contributed by atoms with Gasteiger partial charge < -0.3 is 19.9 Å². The Balaban J connectivity index is 1.56. The van der Waals surface area contributed by atoms with Gasteiger partial charge in [-0.25, -0.2) is 4.79 Å². The van der Waals surface area contributed by atoms with E-state index in [2.05, 4.69) is 20.8 Å². The highest BCUT2D eigenvalue weighted by atomic mass is 32.2. The molecule has 0 atom stereocenters. The Kier molecular flexibility index (Phi) is 6.68. The summed E-state index contributed by atoms with van der Waals surface area (Å²) in [4.78, 5) is 35.0. The topological polar surface area (TPSA) is 158 Å². The number of nitrogens with zero attached hydrogens (tertiary/aromatic N) is 3. The van der Waals surface area contributed by atoms with E-state index in [4.69, 9.17) is 14.6 Å². The number of nitrogens with one attached hydrogen (secondary N) is 2. The molecule has 3 heterocycles. The smallest absolute Gasteiger partial charge is 0.321 e. The van der Waals surface area contributed by atoms with Crippen molar-refractivity contribution in [3.63, 3.8) is 0 Å². The molecule has 0 unspecified atom stereocenters. The predicted molar refractivity (Wildman–Crippen MR) is 101 cm³/mol. The molecule has 11 nitrogen and oxygen atoms in total. The summed E-state index contributed by atoms with van der Waals surface area (Å²) in [7, 11) is 0. The normalized spacial score (nSPS) is 10.6. The van der Waals surface area contributed by atoms with Crippen LogP contribution in [0.15, 0.2) is 50.8 Å². The molecule has 3 rings (SSSR count). The molecular formula is C17H18N6O5S. The molecule has 0 saturated heterocycles. The summed E-state index contributed by atoms with van der Waals surface area (Å²) in [5.74, 6) is 0.365. The zero-order valence-electron chi connectivity index (χ0n) is 15.2. The molecule has 0 fully saturated rings. The molecule has 0 aromatic carbocycles. The van der Waals surface area contributed by atoms with E-state index in [1.54, 1.807) is 28.8 Å². The quantitative estimate of drug-likeness (QED) is 0.436. The van der Waals surface area contributed by atoms with Gasteiger partial charge in [0.05, 0.1) is 24.8 Å². The first-order chi connectivity index (χ1) is 14.0. The number of carbonyl (C=O) groups is 3. The van der Waals surface area contributed by atoms with Gasteiger partial charge in [-0.05, 0) is 24.3 Å². The second kappa shape index (κ2) is 9.59. The van der Waals surface area contributed by atoms with Gasteiger partial charge in [-0.1, -0.05) is 11.8 Å². The van der Waals surface area contributed by atoms with Crippen molar-refractivity contribution in [1.82, 2.24) is 25.4 Å². The average Bonchev–Trinajstić information content (AvgIpc) is 3.44. The number of nitrogens with two attached hydrogens (primary N) is 1. The highest BCUT2D eigenvalue weighted by Gasteiger charge is 2.18. The van der Waals surface area contributed by atoms with Crippen LogP contribution in [0.2, 0.25) is 0 Å². The average molecular weight is 418 g/mol. The van der Waals surface area contributed by atoms with E-state index in [1.807, 2.05) is 0 Å². The number of hydrogen-bond acceptors (Lipinski definition) is 8. The molecule has 0 bridgehead atoms. The molecular weight excluding hydrogens is 400 g/mol. The van der Waals surface area contributed by atoms with E-state index >= 15 is 0 Å². The van der Waals surface area contributed by atoms with Crippen molar-refractivity contribution in [1.29, 1.82) is 0 Å². The van der Waals surface area contributed by atoms with Crippen LogP contribution in [0, 0.1) is 0 Å². The number of aromatic nitrogens is 3. The summed E-state index contributed by atoms with van der Waals surface area (Å²) in [5, 5.41) is 13.2. The van der Waals surface area contributed by atoms with E-state index < -0.39 is 17.8 Å². The van der Waals surface area contributed by atoms with Gasteiger partial charge in [0.15, 0.2) is 16.7 Å². The van der Waals surface area contributed by atoms with Gasteiger partial charge in [0.25, 0.3) is 0 Å². The zero-order valence-corrected chi connectivity index (χ0v) is 16.0. The highest BCUT2D eigenvalue weighted by Crippen LogP contribution is 2.24. The first kappa shape index (κ1) is 20.2. The van der Waals surface area contributed by atoms with Crippen molar-refractivity contribution in [2.75, 3.05) is 5.75 Å². The Morgan fingerprint density at radius 3 is 2.62 bits per heavy atom. The van der Waals surface area contributed by atoms with Crippen molar-refractivity contribution in [3.8, 4) is 11.6 Å². The fraction of sp³-hybridized carbons (Fsp3) is 0.235. The number of thioether (sulfide) groups is 1. The van der Waals surface area contributed by atoms with Gasteiger partial charge in [0, 0.05) is 13.0 Å². The minimum Gasteiger partial charge on any atom is -0.467 e. The van der Waals surface area contributed by atoms with Gasteiger partial charge in [-0.2, -0.15) is 0 Å². The summed E-state index contributed by atoms with van der Waals surface area (Å²) in [6, 6.07) is 6.16. The third-order valence-corrected chi connectivity index (χ3v) is 4.60. The molecule has 0 radical (unpaired) electrons. The SMILES string of the molecule is NC(=O)CCn1c(SCC(=O)NC(=O)NCc2ccco2)nnc1-c1ccco1. The molecule has 0 saturated carbocycles. The maximum Gasteiger partial charge on any atom is 0.321 e. The van der Waals surface area contributed by atoms with Crippen LogP contribution in [0.1, 0.15) is 12.2 Å². The number of rotatable bonds is 9. The fourth-order valence-electron chi connectivity index (χ4n) is 2.32. The van der Waals surface area contributed by atoms with Crippen LogP contribution >= 0.6 is 11.8 Å². The molecule has 3 aromatic heterocycles. The molecule has 29 heavy (non-hydrogen) atoms. The maximum absolute atomic E-state index is 12.0. The third kappa shape index (κ3) is 5.72. The van der Waals surface area contributed by atoms with Crippen LogP contribution in [-0.4, -0.2) is 38.4 Å². The van der Waals surface area contributed by atoms with E-state index in [9.17, 15) is 14.4 Å². The summed E-state index contributed by atoms with van der Waals surface area (Å²) >= 11 is 1.07. The molecule has 152 valence electrons. The minimum absolute atomic E-state index is 0.0701. The first-order valence-corrected chi connectivity index (χ1v) is 9.49. The molecule has 0 aliphatic heterocycles. The molecule has 0 spiro atoms. The number of primary amides is 1. The lowest BCUT2D eigenvalue weighted by Gasteiger charge is -2.08. The zero-order chi connectivity index (χ0) is 20.6. The van der Waals surface area contributed by atoms with Crippen molar-refractivity contribution >= 4 is 29.6 Å². The van der Waals surface area contributed by atoms with Gasteiger partial charge in [0.2, 0.25) is 11.8 Å². The van der Waals surface area contributed by atoms with Crippen molar-refractivity contribution in [2.45, 2.75) is 24.7 Å². The standard InChI is InChI=1S/C17H18N6O5S/c18-13(24)5-6-23-15(12-4-2-8-28-12)21-22-17(23)29-10-14(25)20-16(26)19-9-11-3-1-7-27-11/h1-4,7-8H,5-6,9-10H2,(H2,18,24)(H2,19,20,25,26). The highest BCUT2D eigenvalue weighted by molar-refractivity contribution is 7.99. The lowest BCUT2D eigenvalue weighted by Crippen LogP contribution is -2.39. The maximum atomic E-state index is 12.0. The van der Waals surface area contributed by atoms with Crippen LogP contribution in [0.3, 0.4) is 0 Å². The Morgan fingerprint density at radius 1 is 1.14 bits per heavy atom. The number of carbonyl (C=O) groups excluding carboxylic acids is 3. The molecule has 12 heteroatoms. The van der Waals surface area contributed by atoms with Crippen LogP contribution in [-0.2, 0) is 22.7 Å². The monoisotopic (exact) mass is 418 g/mol. The van der Waals surface area contributed by atoms with Crippen LogP contribution < -0.4 is 16.4 Å². The number of urea groups is 1. The number of amides is 4. The Morgan fingerprint density at radius 2 is 1.93 bits per heavy atom. The first-order valence-electron chi connectivity index (χ1n) is 8.51. The van der Waals surface area contributed by atoms with Crippen LogP contribution in [0.4, 0.5) is 4.79 Å². The Hall–Kier alpha value is -3.54. The van der Waals surface area contributed by atoms with E-state index in [0.29, 0.717) is 22.5 Å². The van der Waals surface area contributed by atoms with E-state index in [1.165, 1.54) is 12.5 Å².